The van der Waals surface area contributed by atoms with Crippen molar-refractivity contribution in [2.45, 2.75) is 6.42 Å². The summed E-state index contributed by atoms with van der Waals surface area (Å²) in [6.45, 7) is 0. The quantitative estimate of drug-likeness (QED) is 0.734. The number of nitrogens with zero attached hydrogens (tertiary/aromatic N) is 4. The summed E-state index contributed by atoms with van der Waals surface area (Å²) < 4.78 is 1.58. The van der Waals surface area contributed by atoms with Crippen molar-refractivity contribution in [3.63, 3.8) is 0 Å². The van der Waals surface area contributed by atoms with Gasteiger partial charge in [-0.1, -0.05) is 18.2 Å². The second-order valence-corrected chi connectivity index (χ2v) is 4.99. The van der Waals surface area contributed by atoms with Gasteiger partial charge in [-0.2, -0.15) is 5.10 Å². The van der Waals surface area contributed by atoms with Crippen LogP contribution in [0.15, 0.2) is 76.9 Å². The van der Waals surface area contributed by atoms with Crippen molar-refractivity contribution < 1.29 is 0 Å². The molecule has 0 amide bonds. The van der Waals surface area contributed by atoms with Crippen LogP contribution < -0.4 is 5.43 Å². The fourth-order valence-electron chi connectivity index (χ4n) is 2.19. The molecule has 3 aromatic rings. The highest BCUT2D eigenvalue weighted by Gasteiger charge is 2.11. The summed E-state index contributed by atoms with van der Waals surface area (Å²) in [6, 6.07) is 14.4. The third-order valence-electron chi connectivity index (χ3n) is 3.31. The molecule has 0 saturated carbocycles. The molecule has 0 saturated heterocycles. The van der Waals surface area contributed by atoms with Crippen LogP contribution in [0.5, 0.6) is 0 Å². The van der Waals surface area contributed by atoms with Gasteiger partial charge in [0.15, 0.2) is 5.69 Å². The van der Waals surface area contributed by atoms with Gasteiger partial charge in [-0.05, 0) is 24.3 Å². The van der Waals surface area contributed by atoms with Gasteiger partial charge in [0, 0.05) is 31.1 Å². The maximum Gasteiger partial charge on any atom is 0.209 e. The molecule has 118 valence electrons. The van der Waals surface area contributed by atoms with Crippen molar-refractivity contribution in [3.8, 4) is 5.69 Å². The normalized spacial score (nSPS) is 11.2. The number of benzene rings is 1. The molecule has 0 aliphatic carbocycles. The minimum absolute atomic E-state index is 0.230. The van der Waals surface area contributed by atoms with Crippen LogP contribution in [0.4, 0.5) is 5.69 Å². The number of nitrogens with one attached hydrogen (secondary N) is 1. The summed E-state index contributed by atoms with van der Waals surface area (Å²) in [5, 5.41) is 11.8. The largest absolute Gasteiger partial charge is 0.313 e. The summed E-state index contributed by atoms with van der Waals surface area (Å²) in [4.78, 5) is 20.8. The molecule has 0 atom stereocenters. The van der Waals surface area contributed by atoms with Crippen molar-refractivity contribution in [1.29, 1.82) is 5.41 Å². The molecule has 0 aliphatic heterocycles. The van der Waals surface area contributed by atoms with Gasteiger partial charge in [-0.3, -0.25) is 14.8 Å². The molecule has 0 aliphatic rings. The molecular formula is C18H15N5O. The van der Waals surface area contributed by atoms with Crippen LogP contribution >= 0.6 is 0 Å². The molecule has 0 radical (unpaired) electrons. The standard InChI is InChI=1S/C18H15N5O/c19-10-8-16(21-14-5-2-1-3-6-14)18-17(24)9-12-23(22-18)15-7-4-11-20-13-15/h1-7,9-13,19H,8H2. The molecule has 0 bridgehead atoms. The Hall–Kier alpha value is -3.41. The molecule has 1 aromatic carbocycles. The smallest absolute Gasteiger partial charge is 0.209 e. The predicted octanol–water partition coefficient (Wildman–Crippen LogP) is 2.79. The first-order valence-corrected chi connectivity index (χ1v) is 7.40. The second kappa shape index (κ2) is 7.23. The summed E-state index contributed by atoms with van der Waals surface area (Å²) in [6.07, 6.45) is 6.36. The molecule has 6 heteroatoms. The summed E-state index contributed by atoms with van der Waals surface area (Å²) in [5.74, 6) is 0. The zero-order chi connectivity index (χ0) is 16.8. The van der Waals surface area contributed by atoms with Crippen molar-refractivity contribution in [1.82, 2.24) is 14.8 Å². The van der Waals surface area contributed by atoms with Crippen LogP contribution in [0.3, 0.4) is 0 Å². The molecule has 2 heterocycles. The number of rotatable bonds is 5. The van der Waals surface area contributed by atoms with Crippen LogP contribution in [0.25, 0.3) is 5.69 Å². The molecule has 0 unspecified atom stereocenters. The van der Waals surface area contributed by atoms with E-state index in [0.29, 0.717) is 11.4 Å². The Morgan fingerprint density at radius 1 is 1.17 bits per heavy atom. The number of para-hydroxylation sites is 1. The van der Waals surface area contributed by atoms with Crippen LogP contribution in [0, 0.1) is 5.41 Å². The van der Waals surface area contributed by atoms with Crippen molar-refractivity contribution in [3.05, 3.63) is 83.0 Å². The van der Waals surface area contributed by atoms with E-state index in [1.54, 1.807) is 29.3 Å². The summed E-state index contributed by atoms with van der Waals surface area (Å²) >= 11 is 0. The first-order chi connectivity index (χ1) is 11.8. The highest BCUT2D eigenvalue weighted by atomic mass is 16.1. The Morgan fingerprint density at radius 3 is 2.71 bits per heavy atom. The molecule has 3 rings (SSSR count). The van der Waals surface area contributed by atoms with Gasteiger partial charge in [0.25, 0.3) is 0 Å². The van der Waals surface area contributed by atoms with Gasteiger partial charge in [0.1, 0.15) is 0 Å². The molecular weight excluding hydrogens is 302 g/mol. The topological polar surface area (TPSA) is 84.0 Å². The van der Waals surface area contributed by atoms with Gasteiger partial charge in [0.2, 0.25) is 5.43 Å². The van der Waals surface area contributed by atoms with Gasteiger partial charge in [-0.25, -0.2) is 4.68 Å². The Bertz CT molecular complexity index is 917. The van der Waals surface area contributed by atoms with E-state index in [0.717, 1.165) is 5.69 Å². The van der Waals surface area contributed by atoms with E-state index in [1.807, 2.05) is 36.4 Å². The lowest BCUT2D eigenvalue weighted by molar-refractivity contribution is 0.823. The number of pyridine rings is 1. The maximum absolute atomic E-state index is 12.3. The Labute approximate surface area is 138 Å². The molecule has 6 nitrogen and oxygen atoms in total. The van der Waals surface area contributed by atoms with E-state index >= 15 is 0 Å². The second-order valence-electron chi connectivity index (χ2n) is 4.99. The van der Waals surface area contributed by atoms with Crippen LogP contribution in [0.2, 0.25) is 0 Å². The number of hydrogen-bond acceptors (Lipinski definition) is 5. The third-order valence-corrected chi connectivity index (χ3v) is 3.31. The molecule has 1 N–H and O–H groups in total. The van der Waals surface area contributed by atoms with E-state index in [-0.39, 0.29) is 17.5 Å². The van der Waals surface area contributed by atoms with Crippen LogP contribution in [-0.4, -0.2) is 26.7 Å². The van der Waals surface area contributed by atoms with Gasteiger partial charge in [-0.15, -0.1) is 0 Å². The van der Waals surface area contributed by atoms with Crippen molar-refractivity contribution in [2.24, 2.45) is 4.99 Å². The number of aromatic nitrogens is 3. The highest BCUT2D eigenvalue weighted by molar-refractivity contribution is 6.06. The molecule has 0 spiro atoms. The first-order valence-electron chi connectivity index (χ1n) is 7.40. The lowest BCUT2D eigenvalue weighted by atomic mass is 10.2. The third kappa shape index (κ3) is 3.49. The lowest BCUT2D eigenvalue weighted by Gasteiger charge is -2.08. The fourth-order valence-corrected chi connectivity index (χ4v) is 2.19. The highest BCUT2D eigenvalue weighted by Crippen LogP contribution is 2.13. The van der Waals surface area contributed by atoms with E-state index in [1.165, 1.54) is 12.3 Å². The monoisotopic (exact) mass is 317 g/mol. The first kappa shape index (κ1) is 15.5. The minimum atomic E-state index is -0.230. The summed E-state index contributed by atoms with van der Waals surface area (Å²) in [5.41, 5.74) is 1.92. The van der Waals surface area contributed by atoms with Gasteiger partial charge in [0.05, 0.1) is 23.3 Å². The minimum Gasteiger partial charge on any atom is -0.313 e. The zero-order valence-corrected chi connectivity index (χ0v) is 12.8. The van der Waals surface area contributed by atoms with Gasteiger partial charge >= 0.3 is 0 Å². The van der Waals surface area contributed by atoms with E-state index in [9.17, 15) is 4.79 Å². The number of hydrogen-bond donors (Lipinski definition) is 1. The maximum atomic E-state index is 12.3. The average molecular weight is 317 g/mol. The van der Waals surface area contributed by atoms with Gasteiger partial charge < -0.3 is 5.41 Å². The molecule has 0 fully saturated rings. The lowest BCUT2D eigenvalue weighted by Crippen LogP contribution is -2.21. The Morgan fingerprint density at radius 2 is 2.00 bits per heavy atom. The Balaban J connectivity index is 2.10. The van der Waals surface area contributed by atoms with Crippen molar-refractivity contribution >= 4 is 17.6 Å². The SMILES string of the molecule is N=CCC(=Nc1ccccc1)c1nn(-c2cccnc2)ccc1=O. The van der Waals surface area contributed by atoms with E-state index < -0.39 is 0 Å². The Kier molecular flexibility index (Phi) is 4.67. The average Bonchev–Trinajstić information content (AvgIpc) is 2.63. The molecule has 24 heavy (non-hydrogen) atoms. The predicted molar refractivity (Wildman–Crippen MR) is 93.7 cm³/mol. The van der Waals surface area contributed by atoms with Crippen LogP contribution in [-0.2, 0) is 0 Å². The zero-order valence-electron chi connectivity index (χ0n) is 12.8. The summed E-state index contributed by atoms with van der Waals surface area (Å²) in [7, 11) is 0. The van der Waals surface area contributed by atoms with E-state index in [2.05, 4.69) is 15.1 Å². The van der Waals surface area contributed by atoms with Crippen LogP contribution in [0.1, 0.15) is 12.1 Å². The number of aliphatic imine (C=N–C) groups is 1. The van der Waals surface area contributed by atoms with E-state index in [4.69, 9.17) is 5.41 Å². The van der Waals surface area contributed by atoms with Crippen molar-refractivity contribution in [2.75, 3.05) is 0 Å². The fraction of sp³-hybridized carbons (Fsp3) is 0.0556. The molecule has 2 aromatic heterocycles.